The van der Waals surface area contributed by atoms with E-state index in [2.05, 4.69) is 40.3 Å². The third-order valence-corrected chi connectivity index (χ3v) is 9.38. The molecule has 1 atom stereocenters. The van der Waals surface area contributed by atoms with Crippen LogP contribution in [0.1, 0.15) is 92.1 Å². The van der Waals surface area contributed by atoms with Crippen molar-refractivity contribution >= 4 is 45.5 Å². The molecular weight excluding hydrogens is 573 g/mol. The SMILES string of the molecule is C/C=C(/Nc1ncc(CCc2ccc(C(=O)O)c(F)c2)s1)N1CC(CC)(CCCCCCC(C)=O)c2cc(Cl)ccc21. The number of hydrogen-bond acceptors (Lipinski definition) is 6. The summed E-state index contributed by atoms with van der Waals surface area (Å²) in [6.45, 7) is 6.77. The van der Waals surface area contributed by atoms with E-state index in [1.165, 1.54) is 17.7 Å². The van der Waals surface area contributed by atoms with Gasteiger partial charge in [0.15, 0.2) is 5.13 Å². The van der Waals surface area contributed by atoms with E-state index in [1.54, 1.807) is 24.3 Å². The number of Topliss-reactive ketones (excluding diaryl/α,β-unsaturated/α-hetero) is 1. The van der Waals surface area contributed by atoms with Gasteiger partial charge in [0.25, 0.3) is 0 Å². The molecular formula is C33H39ClFN3O3S. The lowest BCUT2D eigenvalue weighted by atomic mass is 9.75. The number of aromatic carboxylic acids is 1. The van der Waals surface area contributed by atoms with E-state index in [1.807, 2.05) is 19.2 Å². The van der Waals surface area contributed by atoms with Crippen molar-refractivity contribution in [3.63, 3.8) is 0 Å². The number of carboxylic acids is 1. The van der Waals surface area contributed by atoms with E-state index in [9.17, 15) is 14.0 Å². The third-order valence-electron chi connectivity index (χ3n) is 8.17. The third kappa shape index (κ3) is 7.58. The number of nitrogens with zero attached hydrogens (tertiary/aromatic N) is 2. The van der Waals surface area contributed by atoms with Gasteiger partial charge < -0.3 is 20.1 Å². The topological polar surface area (TPSA) is 82.5 Å². The highest BCUT2D eigenvalue weighted by Gasteiger charge is 2.42. The molecule has 1 aromatic heterocycles. The van der Waals surface area contributed by atoms with Crippen molar-refractivity contribution in [2.24, 2.45) is 0 Å². The molecule has 6 nitrogen and oxygen atoms in total. The van der Waals surface area contributed by atoms with Gasteiger partial charge >= 0.3 is 5.97 Å². The number of aryl methyl sites for hydroxylation is 2. The Balaban J connectivity index is 1.43. The summed E-state index contributed by atoms with van der Waals surface area (Å²) < 4.78 is 14.1. The molecule has 0 saturated carbocycles. The molecule has 3 aromatic rings. The zero-order chi connectivity index (χ0) is 30.3. The first-order chi connectivity index (χ1) is 20.2. The van der Waals surface area contributed by atoms with Gasteiger partial charge in [-0.25, -0.2) is 14.2 Å². The molecule has 42 heavy (non-hydrogen) atoms. The summed E-state index contributed by atoms with van der Waals surface area (Å²) in [6, 6.07) is 10.4. The summed E-state index contributed by atoms with van der Waals surface area (Å²) in [6.07, 6.45) is 12.1. The van der Waals surface area contributed by atoms with Crippen LogP contribution in [0.25, 0.3) is 0 Å². The monoisotopic (exact) mass is 611 g/mol. The molecule has 224 valence electrons. The fourth-order valence-electron chi connectivity index (χ4n) is 5.78. The Morgan fingerprint density at radius 1 is 1.17 bits per heavy atom. The van der Waals surface area contributed by atoms with Gasteiger partial charge in [-0.2, -0.15) is 0 Å². The number of thiazole rings is 1. The second-order valence-electron chi connectivity index (χ2n) is 11.0. The molecule has 1 unspecified atom stereocenters. The molecule has 1 aliphatic rings. The zero-order valence-electron chi connectivity index (χ0n) is 24.5. The minimum Gasteiger partial charge on any atom is -0.478 e. The second kappa shape index (κ2) is 14.3. The number of benzene rings is 2. The molecule has 0 aliphatic carbocycles. The van der Waals surface area contributed by atoms with E-state index < -0.39 is 11.8 Å². The molecule has 2 heterocycles. The van der Waals surface area contributed by atoms with Crippen LogP contribution in [-0.4, -0.2) is 28.4 Å². The number of hydrogen-bond donors (Lipinski definition) is 2. The summed E-state index contributed by atoms with van der Waals surface area (Å²) in [5.74, 6) is -0.759. The van der Waals surface area contributed by atoms with Gasteiger partial charge in [0.2, 0.25) is 0 Å². The lowest BCUT2D eigenvalue weighted by Gasteiger charge is -2.30. The van der Waals surface area contributed by atoms with Gasteiger partial charge in [0, 0.05) is 40.2 Å². The summed E-state index contributed by atoms with van der Waals surface area (Å²) in [5.41, 5.74) is 2.85. The largest absolute Gasteiger partial charge is 0.478 e. The average molecular weight is 612 g/mol. The number of anilines is 2. The van der Waals surface area contributed by atoms with Crippen LogP contribution in [-0.2, 0) is 23.1 Å². The van der Waals surface area contributed by atoms with Crippen molar-refractivity contribution in [3.8, 4) is 0 Å². The van der Waals surface area contributed by atoms with E-state index in [4.69, 9.17) is 16.7 Å². The zero-order valence-corrected chi connectivity index (χ0v) is 26.1. The van der Waals surface area contributed by atoms with Gasteiger partial charge in [0.05, 0.1) is 5.56 Å². The maximum absolute atomic E-state index is 14.1. The highest BCUT2D eigenvalue weighted by Crippen LogP contribution is 2.48. The number of unbranched alkanes of at least 4 members (excludes halogenated alkanes) is 3. The van der Waals surface area contributed by atoms with Crippen LogP contribution < -0.4 is 10.2 Å². The van der Waals surface area contributed by atoms with E-state index in [0.717, 1.165) is 77.2 Å². The van der Waals surface area contributed by atoms with Crippen molar-refractivity contribution in [2.75, 3.05) is 16.8 Å². The van der Waals surface area contributed by atoms with Gasteiger partial charge in [-0.15, -0.1) is 11.3 Å². The van der Waals surface area contributed by atoms with E-state index >= 15 is 0 Å². The Morgan fingerprint density at radius 2 is 1.95 bits per heavy atom. The minimum atomic E-state index is -1.27. The molecule has 0 saturated heterocycles. The van der Waals surface area contributed by atoms with Gasteiger partial charge in [-0.1, -0.05) is 43.9 Å². The van der Waals surface area contributed by atoms with Crippen LogP contribution in [0.5, 0.6) is 0 Å². The molecule has 2 N–H and O–H groups in total. The Labute approximate surface area is 256 Å². The molecule has 9 heteroatoms. The normalized spacial score (nSPS) is 16.5. The van der Waals surface area contributed by atoms with Crippen molar-refractivity contribution in [2.45, 2.75) is 84.0 Å². The van der Waals surface area contributed by atoms with Gasteiger partial charge in [-0.3, -0.25) is 0 Å². The summed E-state index contributed by atoms with van der Waals surface area (Å²) in [5, 5.41) is 14.1. The number of carbonyl (C=O) groups is 2. The van der Waals surface area contributed by atoms with E-state index in [-0.39, 0.29) is 16.8 Å². The van der Waals surface area contributed by atoms with Crippen LogP contribution in [0, 0.1) is 5.82 Å². The fourth-order valence-corrected chi connectivity index (χ4v) is 6.77. The molecule has 0 radical (unpaired) electrons. The standard InChI is InChI=1S/C33H39ClFN3O3S/c1-4-30(37-32-36-20-25(42-32)14-11-23-12-15-26(31(40)41)28(35)18-23)38-21-33(5-2,17-9-7-6-8-10-22(3)39)27-19-24(34)13-16-29(27)38/h4,12-13,15-16,18-20H,5-11,14,17,21H2,1-3H3,(H,36,37)(H,40,41)/b30-4-. The number of ketones is 1. The first-order valence-electron chi connectivity index (χ1n) is 14.6. The number of carboxylic acid groups (broad SMARTS) is 1. The minimum absolute atomic E-state index is 0.0176. The maximum atomic E-state index is 14.1. The fraction of sp³-hybridized carbons (Fsp3) is 0.424. The van der Waals surface area contributed by atoms with Crippen molar-refractivity contribution in [1.29, 1.82) is 0 Å². The molecule has 0 bridgehead atoms. The van der Waals surface area contributed by atoms with Gasteiger partial charge in [0.1, 0.15) is 17.4 Å². The Kier molecular flexibility index (Phi) is 10.8. The molecule has 0 spiro atoms. The Bertz CT molecular complexity index is 1460. The maximum Gasteiger partial charge on any atom is 0.338 e. The predicted octanol–water partition coefficient (Wildman–Crippen LogP) is 8.79. The summed E-state index contributed by atoms with van der Waals surface area (Å²) in [4.78, 5) is 30.4. The summed E-state index contributed by atoms with van der Waals surface area (Å²) >= 11 is 8.06. The number of fused-ring (bicyclic) bond motifs is 1. The Hall–Kier alpha value is -3.23. The number of rotatable bonds is 15. The number of halogens is 2. The van der Waals surface area contributed by atoms with Gasteiger partial charge in [-0.05, 0) is 93.5 Å². The first-order valence-corrected chi connectivity index (χ1v) is 15.8. The van der Waals surface area contributed by atoms with E-state index in [0.29, 0.717) is 19.3 Å². The van der Waals surface area contributed by atoms with Crippen molar-refractivity contribution in [3.05, 3.63) is 86.9 Å². The van der Waals surface area contributed by atoms with Crippen molar-refractivity contribution < 1.29 is 19.1 Å². The average Bonchev–Trinajstić information content (AvgIpc) is 3.54. The predicted molar refractivity (Wildman–Crippen MR) is 169 cm³/mol. The van der Waals surface area contributed by atoms with Crippen LogP contribution >= 0.6 is 22.9 Å². The molecule has 1 aliphatic heterocycles. The molecule has 2 aromatic carbocycles. The number of aromatic nitrogens is 1. The second-order valence-corrected chi connectivity index (χ2v) is 12.6. The lowest BCUT2D eigenvalue weighted by Crippen LogP contribution is -2.34. The molecule has 4 rings (SSSR count). The smallest absolute Gasteiger partial charge is 0.338 e. The molecule has 0 amide bonds. The lowest BCUT2D eigenvalue weighted by molar-refractivity contribution is -0.117. The highest BCUT2D eigenvalue weighted by atomic mass is 35.5. The Morgan fingerprint density at radius 3 is 2.64 bits per heavy atom. The molecule has 0 fully saturated rings. The van der Waals surface area contributed by atoms with Crippen LogP contribution in [0.3, 0.4) is 0 Å². The number of nitrogens with one attached hydrogen (secondary N) is 1. The highest BCUT2D eigenvalue weighted by molar-refractivity contribution is 7.15. The number of carbonyl (C=O) groups excluding carboxylic acids is 1. The quantitative estimate of drug-likeness (QED) is 0.167. The summed E-state index contributed by atoms with van der Waals surface area (Å²) in [7, 11) is 0. The van der Waals surface area contributed by atoms with Crippen LogP contribution in [0.15, 0.2) is 54.5 Å². The van der Waals surface area contributed by atoms with Crippen molar-refractivity contribution in [1.82, 2.24) is 4.98 Å². The first kappa shape index (κ1) is 31.7. The number of allylic oxidation sites excluding steroid dienone is 1. The van der Waals surface area contributed by atoms with Crippen LogP contribution in [0.2, 0.25) is 5.02 Å². The van der Waals surface area contributed by atoms with Crippen LogP contribution in [0.4, 0.5) is 15.2 Å².